The van der Waals surface area contributed by atoms with Crippen LogP contribution in [-0.2, 0) is 24.3 Å². The second-order valence-corrected chi connectivity index (χ2v) is 9.08. The van der Waals surface area contributed by atoms with Gasteiger partial charge in [-0.15, -0.1) is 0 Å². The maximum atomic E-state index is 13.2. The van der Waals surface area contributed by atoms with Crippen molar-refractivity contribution >= 4 is 38.3 Å². The Bertz CT molecular complexity index is 989. The molecule has 10 heteroatoms. The van der Waals surface area contributed by atoms with E-state index >= 15 is 0 Å². The van der Waals surface area contributed by atoms with E-state index in [0.717, 1.165) is 0 Å². The summed E-state index contributed by atoms with van der Waals surface area (Å²) in [4.78, 5) is 16.5. The maximum Gasteiger partial charge on any atom is 0.251 e. The van der Waals surface area contributed by atoms with E-state index in [1.54, 1.807) is 24.4 Å². The SMILES string of the molecule is O=C(NC1CCN(S(=O)(=O)c2cccc3cncc(Cl)c23)C1)C1COCCO1. The van der Waals surface area contributed by atoms with Gasteiger partial charge in [-0.25, -0.2) is 8.42 Å². The number of amides is 1. The number of halogens is 1. The van der Waals surface area contributed by atoms with E-state index in [9.17, 15) is 13.2 Å². The first kappa shape index (κ1) is 19.5. The van der Waals surface area contributed by atoms with Gasteiger partial charge in [-0.2, -0.15) is 4.31 Å². The Morgan fingerprint density at radius 2 is 2.14 bits per heavy atom. The molecule has 2 aliphatic rings. The van der Waals surface area contributed by atoms with Crippen molar-refractivity contribution < 1.29 is 22.7 Å². The lowest BCUT2D eigenvalue weighted by Gasteiger charge is -2.24. The van der Waals surface area contributed by atoms with E-state index in [-0.39, 0.29) is 35.0 Å². The number of hydrogen-bond acceptors (Lipinski definition) is 6. The Hall–Kier alpha value is -1.78. The predicted molar refractivity (Wildman–Crippen MR) is 103 cm³/mol. The van der Waals surface area contributed by atoms with Gasteiger partial charge < -0.3 is 14.8 Å². The molecular weight excluding hydrogens is 406 g/mol. The van der Waals surface area contributed by atoms with Crippen molar-refractivity contribution in [3.63, 3.8) is 0 Å². The van der Waals surface area contributed by atoms with Gasteiger partial charge in [0.25, 0.3) is 5.91 Å². The van der Waals surface area contributed by atoms with Gasteiger partial charge in [0.05, 0.1) is 29.7 Å². The number of rotatable bonds is 4. The highest BCUT2D eigenvalue weighted by atomic mass is 35.5. The minimum absolute atomic E-state index is 0.147. The molecule has 1 amide bonds. The highest BCUT2D eigenvalue weighted by Gasteiger charge is 2.35. The summed E-state index contributed by atoms with van der Waals surface area (Å²) >= 11 is 6.23. The molecule has 2 fully saturated rings. The van der Waals surface area contributed by atoms with Gasteiger partial charge in [0.1, 0.15) is 0 Å². The Labute approximate surface area is 167 Å². The summed E-state index contributed by atoms with van der Waals surface area (Å²) in [5.74, 6) is -0.275. The standard InChI is InChI=1S/C18H20ClN3O5S/c19-14-9-20-8-12-2-1-3-16(17(12)14)28(24,25)22-5-4-13(10-22)21-18(23)15-11-26-6-7-27-15/h1-3,8-9,13,15H,4-7,10-11H2,(H,21,23). The average Bonchev–Trinajstić information content (AvgIpc) is 3.18. The maximum absolute atomic E-state index is 13.2. The van der Waals surface area contributed by atoms with Crippen LogP contribution in [0, 0.1) is 0 Å². The average molecular weight is 426 g/mol. The summed E-state index contributed by atoms with van der Waals surface area (Å²) in [6.45, 7) is 1.57. The van der Waals surface area contributed by atoms with Crippen LogP contribution < -0.4 is 5.32 Å². The summed E-state index contributed by atoms with van der Waals surface area (Å²) in [7, 11) is -3.77. The molecule has 2 aliphatic heterocycles. The highest BCUT2D eigenvalue weighted by Crippen LogP contribution is 2.32. The molecule has 1 aromatic heterocycles. The van der Waals surface area contributed by atoms with Gasteiger partial charge in [0, 0.05) is 42.3 Å². The highest BCUT2D eigenvalue weighted by molar-refractivity contribution is 7.89. The Kier molecular flexibility index (Phi) is 5.52. The van der Waals surface area contributed by atoms with Crippen LogP contribution in [0.4, 0.5) is 0 Å². The number of hydrogen-bond donors (Lipinski definition) is 1. The van der Waals surface area contributed by atoms with Crippen molar-refractivity contribution in [2.75, 3.05) is 32.9 Å². The van der Waals surface area contributed by atoms with Crippen molar-refractivity contribution in [1.82, 2.24) is 14.6 Å². The summed E-state index contributed by atoms with van der Waals surface area (Å²) < 4.78 is 38.5. The first-order valence-corrected chi connectivity index (χ1v) is 10.8. The smallest absolute Gasteiger partial charge is 0.251 e. The number of nitrogens with zero attached hydrogens (tertiary/aromatic N) is 2. The lowest BCUT2D eigenvalue weighted by Crippen LogP contribution is -2.47. The van der Waals surface area contributed by atoms with Crippen LogP contribution in [-0.4, -0.2) is 68.7 Å². The van der Waals surface area contributed by atoms with Crippen LogP contribution >= 0.6 is 11.6 Å². The van der Waals surface area contributed by atoms with Gasteiger partial charge in [-0.3, -0.25) is 9.78 Å². The van der Waals surface area contributed by atoms with E-state index in [0.29, 0.717) is 37.0 Å². The van der Waals surface area contributed by atoms with Gasteiger partial charge >= 0.3 is 0 Å². The third kappa shape index (κ3) is 3.72. The van der Waals surface area contributed by atoms with Crippen molar-refractivity contribution in [2.45, 2.75) is 23.5 Å². The number of pyridine rings is 1. The molecule has 2 aromatic rings. The lowest BCUT2D eigenvalue weighted by atomic mass is 10.2. The van der Waals surface area contributed by atoms with Crippen LogP contribution in [0.5, 0.6) is 0 Å². The molecular formula is C18H20ClN3O5S. The van der Waals surface area contributed by atoms with Crippen molar-refractivity contribution in [1.29, 1.82) is 0 Å². The molecule has 0 radical (unpaired) electrons. The summed E-state index contributed by atoms with van der Waals surface area (Å²) in [6.07, 6.45) is 2.89. The van der Waals surface area contributed by atoms with E-state index in [4.69, 9.17) is 21.1 Å². The first-order chi connectivity index (χ1) is 13.5. The van der Waals surface area contributed by atoms with Crippen LogP contribution in [0.15, 0.2) is 35.5 Å². The number of carbonyl (C=O) groups is 1. The van der Waals surface area contributed by atoms with Crippen molar-refractivity contribution in [2.24, 2.45) is 0 Å². The molecule has 2 atom stereocenters. The zero-order valence-electron chi connectivity index (χ0n) is 15.0. The normalized spacial score (nSPS) is 23.8. The molecule has 3 heterocycles. The molecule has 2 saturated heterocycles. The molecule has 4 rings (SSSR count). The van der Waals surface area contributed by atoms with Gasteiger partial charge in [-0.1, -0.05) is 23.7 Å². The van der Waals surface area contributed by atoms with E-state index in [2.05, 4.69) is 10.3 Å². The largest absolute Gasteiger partial charge is 0.376 e. The number of carbonyl (C=O) groups excluding carboxylic acids is 1. The van der Waals surface area contributed by atoms with Gasteiger partial charge in [-0.05, 0) is 12.5 Å². The predicted octanol–water partition coefficient (Wildman–Crippen LogP) is 1.18. The number of benzene rings is 1. The zero-order valence-corrected chi connectivity index (χ0v) is 16.6. The number of ether oxygens (including phenoxy) is 2. The molecule has 28 heavy (non-hydrogen) atoms. The van der Waals surface area contributed by atoms with Crippen LogP contribution in [0.3, 0.4) is 0 Å². The fraction of sp³-hybridized carbons (Fsp3) is 0.444. The second kappa shape index (κ2) is 7.92. The Morgan fingerprint density at radius 1 is 1.29 bits per heavy atom. The summed E-state index contributed by atoms with van der Waals surface area (Å²) in [6, 6.07) is 4.71. The third-order valence-electron chi connectivity index (χ3n) is 4.92. The zero-order chi connectivity index (χ0) is 19.7. The number of aromatic nitrogens is 1. The number of sulfonamides is 1. The number of fused-ring (bicyclic) bond motifs is 1. The van der Waals surface area contributed by atoms with E-state index in [1.165, 1.54) is 10.5 Å². The quantitative estimate of drug-likeness (QED) is 0.790. The van der Waals surface area contributed by atoms with Crippen LogP contribution in [0.1, 0.15) is 6.42 Å². The fourth-order valence-electron chi connectivity index (χ4n) is 3.51. The summed E-state index contributed by atoms with van der Waals surface area (Å²) in [5.41, 5.74) is 0. The molecule has 1 aromatic carbocycles. The van der Waals surface area contributed by atoms with Crippen LogP contribution in [0.2, 0.25) is 5.02 Å². The second-order valence-electron chi connectivity index (χ2n) is 6.77. The summed E-state index contributed by atoms with van der Waals surface area (Å²) in [5, 5.41) is 4.27. The first-order valence-electron chi connectivity index (χ1n) is 8.99. The molecule has 1 N–H and O–H groups in total. The molecule has 0 spiro atoms. The molecule has 150 valence electrons. The van der Waals surface area contributed by atoms with Crippen LogP contribution in [0.25, 0.3) is 10.8 Å². The van der Waals surface area contributed by atoms with E-state index in [1.807, 2.05) is 0 Å². The molecule has 0 bridgehead atoms. The van der Waals surface area contributed by atoms with Crippen molar-refractivity contribution in [3.05, 3.63) is 35.6 Å². The lowest BCUT2D eigenvalue weighted by molar-refractivity contribution is -0.148. The Morgan fingerprint density at radius 3 is 2.93 bits per heavy atom. The van der Waals surface area contributed by atoms with Gasteiger partial charge in [0.15, 0.2) is 6.10 Å². The van der Waals surface area contributed by atoms with Crippen molar-refractivity contribution in [3.8, 4) is 0 Å². The Balaban J connectivity index is 1.51. The van der Waals surface area contributed by atoms with Gasteiger partial charge in [0.2, 0.25) is 10.0 Å². The fourth-order valence-corrected chi connectivity index (χ4v) is 5.57. The molecule has 8 nitrogen and oxygen atoms in total. The molecule has 0 aliphatic carbocycles. The number of nitrogens with one attached hydrogen (secondary N) is 1. The minimum Gasteiger partial charge on any atom is -0.376 e. The minimum atomic E-state index is -3.77. The molecule has 0 saturated carbocycles. The monoisotopic (exact) mass is 425 g/mol. The topological polar surface area (TPSA) is 97.8 Å². The van der Waals surface area contributed by atoms with E-state index < -0.39 is 16.1 Å². The molecule has 2 unspecified atom stereocenters. The third-order valence-corrected chi connectivity index (χ3v) is 7.12.